The van der Waals surface area contributed by atoms with Crippen LogP contribution in [0.15, 0.2) is 29.4 Å². The third-order valence-electron chi connectivity index (χ3n) is 3.31. The fraction of sp³-hybridized carbons (Fsp3) is 0.278. The van der Waals surface area contributed by atoms with Crippen LogP contribution in [0.2, 0.25) is 0 Å². The second-order valence-electron chi connectivity index (χ2n) is 5.22. The van der Waals surface area contributed by atoms with Crippen molar-refractivity contribution in [2.45, 2.75) is 20.5 Å². The third kappa shape index (κ3) is 4.68. The van der Waals surface area contributed by atoms with Gasteiger partial charge in [0.1, 0.15) is 11.6 Å². The SMILES string of the molecule is CCOc1cc(/C=N/Nc2nc(C)cc(COC)c2C#N)ccc1O. The minimum absolute atomic E-state index is 0.0725. The Balaban J connectivity index is 2.22. The number of nitriles is 1. The van der Waals surface area contributed by atoms with Gasteiger partial charge in [-0.25, -0.2) is 4.98 Å². The number of hydrogen-bond donors (Lipinski definition) is 2. The van der Waals surface area contributed by atoms with Gasteiger partial charge in [0, 0.05) is 18.4 Å². The summed E-state index contributed by atoms with van der Waals surface area (Å²) < 4.78 is 10.5. The average Bonchev–Trinajstić information content (AvgIpc) is 2.58. The van der Waals surface area contributed by atoms with Gasteiger partial charge in [-0.15, -0.1) is 0 Å². The van der Waals surface area contributed by atoms with Gasteiger partial charge in [-0.2, -0.15) is 10.4 Å². The fourth-order valence-corrected chi connectivity index (χ4v) is 2.27. The number of nitrogens with one attached hydrogen (secondary N) is 1. The van der Waals surface area contributed by atoms with Crippen LogP contribution in [0.3, 0.4) is 0 Å². The number of hydrogen-bond acceptors (Lipinski definition) is 7. The Morgan fingerprint density at radius 2 is 2.20 bits per heavy atom. The lowest BCUT2D eigenvalue weighted by atomic mass is 10.1. The van der Waals surface area contributed by atoms with Crippen molar-refractivity contribution in [3.8, 4) is 17.6 Å². The van der Waals surface area contributed by atoms with Gasteiger partial charge in [0.15, 0.2) is 17.3 Å². The predicted molar refractivity (Wildman–Crippen MR) is 94.9 cm³/mol. The first-order valence-electron chi connectivity index (χ1n) is 7.73. The van der Waals surface area contributed by atoms with Crippen LogP contribution in [0.1, 0.15) is 29.3 Å². The van der Waals surface area contributed by atoms with Crippen molar-refractivity contribution < 1.29 is 14.6 Å². The maximum absolute atomic E-state index is 9.71. The van der Waals surface area contributed by atoms with Crippen molar-refractivity contribution in [2.24, 2.45) is 5.10 Å². The van der Waals surface area contributed by atoms with Crippen molar-refractivity contribution in [2.75, 3.05) is 19.1 Å². The van der Waals surface area contributed by atoms with Crippen LogP contribution < -0.4 is 10.2 Å². The number of phenolic OH excluding ortho intramolecular Hbond substituents is 1. The van der Waals surface area contributed by atoms with E-state index in [1.54, 1.807) is 25.5 Å². The summed E-state index contributed by atoms with van der Waals surface area (Å²) in [5.74, 6) is 0.832. The molecule has 2 aromatic rings. The summed E-state index contributed by atoms with van der Waals surface area (Å²) in [5, 5.41) is 23.2. The zero-order chi connectivity index (χ0) is 18.2. The van der Waals surface area contributed by atoms with E-state index in [0.29, 0.717) is 30.3 Å². The predicted octanol–water partition coefficient (Wildman–Crippen LogP) is 2.96. The van der Waals surface area contributed by atoms with Gasteiger partial charge >= 0.3 is 0 Å². The maximum Gasteiger partial charge on any atom is 0.164 e. The lowest BCUT2D eigenvalue weighted by Gasteiger charge is -2.09. The molecule has 7 nitrogen and oxygen atoms in total. The number of aryl methyl sites for hydroxylation is 1. The number of aromatic hydroxyl groups is 1. The molecule has 7 heteroatoms. The van der Waals surface area contributed by atoms with Gasteiger partial charge in [0.25, 0.3) is 0 Å². The summed E-state index contributed by atoms with van der Waals surface area (Å²) >= 11 is 0. The molecule has 2 N–H and O–H groups in total. The van der Waals surface area contributed by atoms with Crippen LogP contribution in [-0.2, 0) is 11.3 Å². The summed E-state index contributed by atoms with van der Waals surface area (Å²) in [7, 11) is 1.57. The number of nitrogens with zero attached hydrogens (tertiary/aromatic N) is 3. The topological polar surface area (TPSA) is 99.8 Å². The monoisotopic (exact) mass is 340 g/mol. The summed E-state index contributed by atoms with van der Waals surface area (Å²) in [5.41, 5.74) is 5.43. The molecule has 1 heterocycles. The Bertz CT molecular complexity index is 813. The molecule has 0 saturated carbocycles. The first-order valence-corrected chi connectivity index (χ1v) is 7.73. The van der Waals surface area contributed by atoms with Crippen LogP contribution in [-0.4, -0.2) is 30.0 Å². The van der Waals surface area contributed by atoms with Crippen LogP contribution >= 0.6 is 0 Å². The molecule has 0 aliphatic rings. The molecule has 2 rings (SSSR count). The number of hydrazone groups is 1. The number of benzene rings is 1. The van der Waals surface area contributed by atoms with Crippen molar-refractivity contribution in [3.63, 3.8) is 0 Å². The summed E-state index contributed by atoms with van der Waals surface area (Å²) in [4.78, 5) is 4.31. The molecule has 0 spiro atoms. The molecule has 0 bridgehead atoms. The summed E-state index contributed by atoms with van der Waals surface area (Å²) in [6.45, 7) is 4.45. The Labute approximate surface area is 146 Å². The third-order valence-corrected chi connectivity index (χ3v) is 3.31. The smallest absolute Gasteiger partial charge is 0.164 e. The van der Waals surface area contributed by atoms with Gasteiger partial charge in [0.05, 0.1) is 19.4 Å². The van der Waals surface area contributed by atoms with E-state index in [2.05, 4.69) is 21.6 Å². The first kappa shape index (κ1) is 18.2. The zero-order valence-corrected chi connectivity index (χ0v) is 14.4. The Morgan fingerprint density at radius 3 is 2.88 bits per heavy atom. The minimum atomic E-state index is 0.0725. The van der Waals surface area contributed by atoms with Crippen molar-refractivity contribution in [1.29, 1.82) is 5.26 Å². The second-order valence-corrected chi connectivity index (χ2v) is 5.22. The van der Waals surface area contributed by atoms with Gasteiger partial charge in [-0.05, 0) is 43.7 Å². The molecular formula is C18H20N4O3. The van der Waals surface area contributed by atoms with Gasteiger partial charge < -0.3 is 14.6 Å². The number of pyridine rings is 1. The number of phenols is 1. The van der Waals surface area contributed by atoms with E-state index in [4.69, 9.17) is 9.47 Å². The fourth-order valence-electron chi connectivity index (χ4n) is 2.27. The molecule has 1 aromatic heterocycles. The number of rotatable bonds is 7. The highest BCUT2D eigenvalue weighted by atomic mass is 16.5. The number of methoxy groups -OCH3 is 1. The van der Waals surface area contributed by atoms with E-state index >= 15 is 0 Å². The molecule has 25 heavy (non-hydrogen) atoms. The molecule has 0 amide bonds. The molecule has 130 valence electrons. The Morgan fingerprint density at radius 1 is 1.40 bits per heavy atom. The molecular weight excluding hydrogens is 320 g/mol. The lowest BCUT2D eigenvalue weighted by Crippen LogP contribution is -2.03. The van der Waals surface area contributed by atoms with Crippen LogP contribution in [0.25, 0.3) is 0 Å². The van der Waals surface area contributed by atoms with E-state index in [1.165, 1.54) is 6.07 Å². The highest BCUT2D eigenvalue weighted by Gasteiger charge is 2.10. The second kappa shape index (κ2) is 8.66. The van der Waals surface area contributed by atoms with E-state index in [1.807, 2.05) is 19.9 Å². The van der Waals surface area contributed by atoms with Crippen LogP contribution in [0.4, 0.5) is 5.82 Å². The highest BCUT2D eigenvalue weighted by molar-refractivity contribution is 5.81. The van der Waals surface area contributed by atoms with E-state index < -0.39 is 0 Å². The Kier molecular flexibility index (Phi) is 6.32. The number of ether oxygens (including phenoxy) is 2. The average molecular weight is 340 g/mol. The molecule has 0 aliphatic heterocycles. The summed E-state index contributed by atoms with van der Waals surface area (Å²) in [6, 6.07) is 8.85. The molecule has 1 aromatic carbocycles. The highest BCUT2D eigenvalue weighted by Crippen LogP contribution is 2.26. The lowest BCUT2D eigenvalue weighted by molar-refractivity contribution is 0.184. The summed E-state index contributed by atoms with van der Waals surface area (Å²) in [6.07, 6.45) is 1.56. The van der Waals surface area contributed by atoms with Crippen molar-refractivity contribution in [1.82, 2.24) is 4.98 Å². The van der Waals surface area contributed by atoms with E-state index in [0.717, 1.165) is 16.8 Å². The molecule has 0 atom stereocenters. The molecule has 0 radical (unpaired) electrons. The molecule has 0 fully saturated rings. The molecule has 0 saturated heterocycles. The van der Waals surface area contributed by atoms with Crippen LogP contribution in [0, 0.1) is 18.3 Å². The number of aromatic nitrogens is 1. The largest absolute Gasteiger partial charge is 0.504 e. The van der Waals surface area contributed by atoms with Crippen molar-refractivity contribution >= 4 is 12.0 Å². The van der Waals surface area contributed by atoms with Gasteiger partial charge in [-0.1, -0.05) is 0 Å². The first-order chi connectivity index (χ1) is 12.1. The molecule has 0 aliphatic carbocycles. The van der Waals surface area contributed by atoms with Crippen molar-refractivity contribution in [3.05, 3.63) is 46.6 Å². The molecule has 0 unspecified atom stereocenters. The van der Waals surface area contributed by atoms with E-state index in [-0.39, 0.29) is 5.75 Å². The quantitative estimate of drug-likeness (QED) is 0.594. The minimum Gasteiger partial charge on any atom is -0.504 e. The van der Waals surface area contributed by atoms with Crippen LogP contribution in [0.5, 0.6) is 11.5 Å². The van der Waals surface area contributed by atoms with E-state index in [9.17, 15) is 10.4 Å². The maximum atomic E-state index is 9.71. The van der Waals surface area contributed by atoms with Gasteiger partial charge in [-0.3, -0.25) is 5.43 Å². The zero-order valence-electron chi connectivity index (χ0n) is 14.4. The Hall–Kier alpha value is -3.11. The number of anilines is 1. The standard InChI is InChI=1S/C18H20N4O3/c1-4-25-17-8-13(5-6-16(17)23)10-20-22-18-15(9-19)14(11-24-3)7-12(2)21-18/h5-8,10,23H,4,11H2,1-3H3,(H,21,22)/b20-10+. The normalized spacial score (nSPS) is 10.6. The van der Waals surface area contributed by atoms with Gasteiger partial charge in [0.2, 0.25) is 0 Å².